The van der Waals surface area contributed by atoms with E-state index in [1.807, 2.05) is 18.1 Å². The van der Waals surface area contributed by atoms with E-state index < -0.39 is 22.0 Å². The molecule has 1 N–H and O–H groups in total. The molecule has 3 heterocycles. The molecule has 0 radical (unpaired) electrons. The number of nitrogens with one attached hydrogen (secondary N) is 1. The number of likely N-dealkylation sites (N-methyl/N-ethyl adjacent to an activating group) is 2. The van der Waals surface area contributed by atoms with Gasteiger partial charge in [0.25, 0.3) is 0 Å². The Bertz CT molecular complexity index is 1830. The SMILES string of the molecule is COc1ccc(C2CCCCC2)c2c1cc1n2C=C2C(=C3C=CC[C@@H](C(=O)N(C)CC4CCCCN4C)C31)C2C(=O)NS(=O)(=O)N(C)C. The Kier molecular flexibility index (Phi) is 8.83. The molecule has 0 bridgehead atoms. The van der Waals surface area contributed by atoms with Crippen molar-refractivity contribution in [2.75, 3.05) is 48.4 Å². The summed E-state index contributed by atoms with van der Waals surface area (Å²) in [6, 6.07) is 6.80. The Morgan fingerprint density at radius 3 is 2.50 bits per heavy atom. The van der Waals surface area contributed by atoms with Crippen LogP contribution >= 0.6 is 0 Å². The van der Waals surface area contributed by atoms with Crippen molar-refractivity contribution in [3.8, 4) is 5.75 Å². The van der Waals surface area contributed by atoms with Crippen LogP contribution in [0.4, 0.5) is 0 Å². The first-order chi connectivity index (χ1) is 23.0. The first kappa shape index (κ1) is 33.1. The Hall–Kier alpha value is -3.41. The predicted molar refractivity (Wildman–Crippen MR) is 188 cm³/mol. The van der Waals surface area contributed by atoms with Gasteiger partial charge in [0.05, 0.1) is 24.5 Å². The van der Waals surface area contributed by atoms with E-state index in [9.17, 15) is 18.0 Å². The quantitative estimate of drug-likeness (QED) is 0.423. The van der Waals surface area contributed by atoms with Crippen LogP contribution in [0.15, 0.2) is 47.1 Å². The van der Waals surface area contributed by atoms with Crippen molar-refractivity contribution in [2.45, 2.75) is 75.7 Å². The molecule has 10 nitrogen and oxygen atoms in total. The highest BCUT2D eigenvalue weighted by Gasteiger charge is 2.52. The van der Waals surface area contributed by atoms with E-state index in [-0.39, 0.29) is 17.7 Å². The topological polar surface area (TPSA) is 104 Å². The highest BCUT2D eigenvalue weighted by Crippen LogP contribution is 2.57. The standard InChI is InChI=1S/C37H49N5O5S/c1-39(2)48(45,46)38-36(43)34-29-22-42-30(20-28-31(47-5)18-17-25(35(28)42)23-12-7-6-8-13-23)32-26(33(29)34)15-11-16-27(32)37(44)41(4)21-24-14-9-10-19-40(24)3/h11,15,17-18,20,22-24,27,32,34H,6-10,12-14,16,19,21H2,1-5H3,(H,38,43)/t24?,27-,32?,34?/m1/s1. The molecule has 1 saturated heterocycles. The molecule has 2 saturated carbocycles. The number of methoxy groups -OCH3 is 1. The number of nitrogens with zero attached hydrogens (tertiary/aromatic N) is 4. The molecule has 4 atom stereocenters. The summed E-state index contributed by atoms with van der Waals surface area (Å²) >= 11 is 0. The van der Waals surface area contributed by atoms with Crippen molar-refractivity contribution in [1.29, 1.82) is 0 Å². The van der Waals surface area contributed by atoms with Gasteiger partial charge in [-0.2, -0.15) is 12.7 Å². The predicted octanol–water partition coefficient (Wildman–Crippen LogP) is 5.00. The molecule has 2 aromatic rings. The number of benzene rings is 1. The van der Waals surface area contributed by atoms with Gasteiger partial charge in [-0.25, -0.2) is 4.72 Å². The molecule has 0 spiro atoms. The molecule has 3 unspecified atom stereocenters. The fourth-order valence-electron chi connectivity index (χ4n) is 8.79. The highest BCUT2D eigenvalue weighted by atomic mass is 32.2. The average Bonchev–Trinajstić information content (AvgIpc) is 3.71. The molecule has 1 aromatic carbocycles. The minimum absolute atomic E-state index is 0.0954. The zero-order valence-corrected chi connectivity index (χ0v) is 29.7. The first-order valence-corrected chi connectivity index (χ1v) is 19.0. The zero-order valence-electron chi connectivity index (χ0n) is 28.9. The fourth-order valence-corrected chi connectivity index (χ4v) is 9.35. The van der Waals surface area contributed by atoms with Gasteiger partial charge in [-0.3, -0.25) is 9.59 Å². The fraction of sp³-hybridized carbons (Fsp3) is 0.568. The number of carbonyl (C=O) groups is 2. The number of carbonyl (C=O) groups excluding carboxylic acids is 2. The van der Waals surface area contributed by atoms with E-state index in [1.54, 1.807) is 7.11 Å². The summed E-state index contributed by atoms with van der Waals surface area (Å²) in [4.78, 5) is 32.5. The van der Waals surface area contributed by atoms with Crippen LogP contribution in [0, 0.1) is 11.8 Å². The second-order valence-corrected chi connectivity index (χ2v) is 16.5. The van der Waals surface area contributed by atoms with Crippen LogP contribution in [0.3, 0.4) is 0 Å². The third kappa shape index (κ3) is 5.71. The lowest BCUT2D eigenvalue weighted by Crippen LogP contribution is -2.47. The van der Waals surface area contributed by atoms with Gasteiger partial charge in [0.15, 0.2) is 0 Å². The van der Waals surface area contributed by atoms with E-state index >= 15 is 0 Å². The summed E-state index contributed by atoms with van der Waals surface area (Å²) in [5.74, 6) is -0.672. The van der Waals surface area contributed by atoms with Gasteiger partial charge in [0.1, 0.15) is 5.75 Å². The maximum absolute atomic E-state index is 14.5. The monoisotopic (exact) mass is 675 g/mol. The van der Waals surface area contributed by atoms with E-state index in [1.165, 1.54) is 51.8 Å². The number of aromatic nitrogens is 1. The number of amides is 2. The number of rotatable bonds is 8. The van der Waals surface area contributed by atoms with Crippen LogP contribution in [0.2, 0.25) is 0 Å². The number of likely N-dealkylation sites (tertiary alicyclic amines) is 1. The van der Waals surface area contributed by atoms with E-state index in [0.29, 0.717) is 24.9 Å². The van der Waals surface area contributed by atoms with Crippen LogP contribution in [0.25, 0.3) is 17.1 Å². The van der Waals surface area contributed by atoms with Gasteiger partial charge in [-0.1, -0.05) is 43.9 Å². The molecule has 2 aliphatic heterocycles. The smallest absolute Gasteiger partial charge is 0.303 e. The summed E-state index contributed by atoms with van der Waals surface area (Å²) in [5.41, 5.74) is 5.89. The second-order valence-electron chi connectivity index (χ2n) is 14.6. The zero-order chi connectivity index (χ0) is 33.9. The second kappa shape index (κ2) is 12.8. The lowest BCUT2D eigenvalue weighted by atomic mass is 9.76. The van der Waals surface area contributed by atoms with Crippen LogP contribution in [0.1, 0.15) is 80.9 Å². The summed E-state index contributed by atoms with van der Waals surface area (Å²) < 4.78 is 36.9. The van der Waals surface area contributed by atoms with E-state index in [0.717, 1.165) is 69.2 Å². The molecule has 2 amide bonds. The van der Waals surface area contributed by atoms with Crippen LogP contribution in [-0.4, -0.2) is 93.3 Å². The first-order valence-electron chi connectivity index (χ1n) is 17.6. The summed E-state index contributed by atoms with van der Waals surface area (Å²) in [7, 11) is 4.60. The number of fused-ring (bicyclic) bond motifs is 6. The molecule has 5 aliphatic rings. The van der Waals surface area contributed by atoms with Gasteiger partial charge in [-0.15, -0.1) is 0 Å². The van der Waals surface area contributed by atoms with Gasteiger partial charge >= 0.3 is 10.2 Å². The number of allylic oxidation sites excluding steroid dienone is 3. The lowest BCUT2D eigenvalue weighted by molar-refractivity contribution is -0.135. The number of hydrogen-bond acceptors (Lipinski definition) is 6. The van der Waals surface area contributed by atoms with E-state index in [4.69, 9.17) is 4.74 Å². The molecule has 3 fully saturated rings. The van der Waals surface area contributed by atoms with Crippen molar-refractivity contribution >= 4 is 39.1 Å². The maximum atomic E-state index is 14.5. The average molecular weight is 676 g/mol. The maximum Gasteiger partial charge on any atom is 0.303 e. The van der Waals surface area contributed by atoms with Crippen molar-refractivity contribution in [2.24, 2.45) is 11.8 Å². The molecule has 1 aromatic heterocycles. The largest absolute Gasteiger partial charge is 0.496 e. The van der Waals surface area contributed by atoms with Gasteiger partial charge in [0, 0.05) is 56.9 Å². The number of hydrogen-bond donors (Lipinski definition) is 1. The highest BCUT2D eigenvalue weighted by molar-refractivity contribution is 7.87. The van der Waals surface area contributed by atoms with E-state index in [2.05, 4.69) is 51.6 Å². The molecule has 258 valence electrons. The Balaban J connectivity index is 1.37. The van der Waals surface area contributed by atoms with Crippen molar-refractivity contribution in [3.63, 3.8) is 0 Å². The van der Waals surface area contributed by atoms with Crippen LogP contribution < -0.4 is 9.46 Å². The third-order valence-electron chi connectivity index (χ3n) is 11.5. The van der Waals surface area contributed by atoms with Crippen LogP contribution in [0.5, 0.6) is 5.75 Å². The summed E-state index contributed by atoms with van der Waals surface area (Å²) in [6.07, 6.45) is 16.0. The van der Waals surface area contributed by atoms with Crippen molar-refractivity contribution in [1.82, 2.24) is 23.4 Å². The van der Waals surface area contributed by atoms with Gasteiger partial charge < -0.3 is 19.1 Å². The minimum Gasteiger partial charge on any atom is -0.496 e. The molecule has 11 heteroatoms. The Labute approximate surface area is 284 Å². The molecule has 48 heavy (non-hydrogen) atoms. The van der Waals surface area contributed by atoms with Crippen LogP contribution in [-0.2, 0) is 19.8 Å². The lowest BCUT2D eigenvalue weighted by Gasteiger charge is -2.38. The number of piperidine rings is 1. The molecule has 3 aliphatic carbocycles. The molecular formula is C37H49N5O5S. The molecular weight excluding hydrogens is 627 g/mol. The van der Waals surface area contributed by atoms with Crippen molar-refractivity contribution in [3.05, 3.63) is 58.3 Å². The summed E-state index contributed by atoms with van der Waals surface area (Å²) in [5, 5.41) is 1.00. The Morgan fingerprint density at radius 2 is 1.79 bits per heavy atom. The van der Waals surface area contributed by atoms with Gasteiger partial charge in [0.2, 0.25) is 11.8 Å². The number of ether oxygens (including phenoxy) is 1. The minimum atomic E-state index is -3.97. The normalized spacial score (nSPS) is 26.0. The summed E-state index contributed by atoms with van der Waals surface area (Å²) in [6.45, 7) is 1.72. The van der Waals surface area contributed by atoms with Gasteiger partial charge in [-0.05, 0) is 86.0 Å². The third-order valence-corrected chi connectivity index (χ3v) is 12.9. The van der Waals surface area contributed by atoms with Crippen molar-refractivity contribution < 1.29 is 22.7 Å². The Morgan fingerprint density at radius 1 is 1.04 bits per heavy atom. The molecule has 7 rings (SSSR count).